The monoisotopic (exact) mass is 257 g/mol. The van der Waals surface area contributed by atoms with Gasteiger partial charge >= 0.3 is 0 Å². The molecule has 0 aliphatic rings. The number of benzene rings is 2. The fourth-order valence-electron chi connectivity index (χ4n) is 1.76. The first-order chi connectivity index (χ1) is 9.40. The molecule has 0 fully saturated rings. The van der Waals surface area contributed by atoms with Gasteiger partial charge in [-0.15, -0.1) is 0 Å². The van der Waals surface area contributed by atoms with Crippen molar-refractivity contribution in [1.82, 2.24) is 0 Å². The minimum absolute atomic E-state index is 0.759. The molecule has 0 radical (unpaired) electrons. The molecule has 1 N–H and O–H groups in total. The Labute approximate surface area is 114 Å². The maximum absolute atomic E-state index is 5.87. The molecule has 0 aromatic heterocycles. The van der Waals surface area contributed by atoms with Crippen LogP contribution >= 0.6 is 0 Å². The zero-order valence-corrected chi connectivity index (χ0v) is 11.1. The molecule has 0 saturated heterocycles. The summed E-state index contributed by atoms with van der Waals surface area (Å²) in [7, 11) is 1.71. The SMILES string of the molecule is COCCCNc1ccccc1Oc1ccccc1. The second kappa shape index (κ2) is 7.44. The van der Waals surface area contributed by atoms with E-state index in [-0.39, 0.29) is 0 Å². The Balaban J connectivity index is 2.00. The van der Waals surface area contributed by atoms with E-state index in [1.807, 2.05) is 54.6 Å². The molecule has 3 heteroatoms. The topological polar surface area (TPSA) is 30.5 Å². The Morgan fingerprint density at radius 3 is 2.47 bits per heavy atom. The van der Waals surface area contributed by atoms with Gasteiger partial charge in [-0.3, -0.25) is 0 Å². The van der Waals surface area contributed by atoms with Gasteiger partial charge < -0.3 is 14.8 Å². The van der Waals surface area contributed by atoms with Crippen molar-refractivity contribution in [1.29, 1.82) is 0 Å². The van der Waals surface area contributed by atoms with Gasteiger partial charge in [0.1, 0.15) is 5.75 Å². The van der Waals surface area contributed by atoms with Crippen molar-refractivity contribution in [2.75, 3.05) is 25.6 Å². The van der Waals surface area contributed by atoms with Crippen LogP contribution in [0.2, 0.25) is 0 Å². The van der Waals surface area contributed by atoms with Crippen molar-refractivity contribution in [3.05, 3.63) is 54.6 Å². The lowest BCUT2D eigenvalue weighted by atomic mass is 10.2. The predicted molar refractivity (Wildman–Crippen MR) is 77.9 cm³/mol. The number of ether oxygens (including phenoxy) is 2. The highest BCUT2D eigenvalue weighted by atomic mass is 16.5. The molecule has 0 bridgehead atoms. The molecular formula is C16H19NO2. The van der Waals surface area contributed by atoms with Crippen LogP contribution in [0.4, 0.5) is 5.69 Å². The molecule has 0 unspecified atom stereocenters. The summed E-state index contributed by atoms with van der Waals surface area (Å²) in [6.07, 6.45) is 0.968. The van der Waals surface area contributed by atoms with Crippen molar-refractivity contribution < 1.29 is 9.47 Å². The molecule has 0 spiro atoms. The molecule has 0 aliphatic carbocycles. The molecule has 0 saturated carbocycles. The second-order valence-corrected chi connectivity index (χ2v) is 4.18. The van der Waals surface area contributed by atoms with E-state index in [4.69, 9.17) is 9.47 Å². The van der Waals surface area contributed by atoms with Gasteiger partial charge in [-0.25, -0.2) is 0 Å². The van der Waals surface area contributed by atoms with Crippen molar-refractivity contribution in [3.8, 4) is 11.5 Å². The molecule has 0 amide bonds. The molecule has 0 aliphatic heterocycles. The van der Waals surface area contributed by atoms with Crippen LogP contribution in [0, 0.1) is 0 Å². The van der Waals surface area contributed by atoms with Crippen LogP contribution in [0.1, 0.15) is 6.42 Å². The van der Waals surface area contributed by atoms with E-state index in [2.05, 4.69) is 5.32 Å². The van der Waals surface area contributed by atoms with Gasteiger partial charge in [0.15, 0.2) is 5.75 Å². The van der Waals surface area contributed by atoms with E-state index in [0.717, 1.165) is 36.8 Å². The van der Waals surface area contributed by atoms with Crippen LogP contribution in [-0.2, 0) is 4.74 Å². The molecule has 0 heterocycles. The summed E-state index contributed by atoms with van der Waals surface area (Å²) in [6, 6.07) is 17.7. The molecule has 2 rings (SSSR count). The summed E-state index contributed by atoms with van der Waals surface area (Å²) >= 11 is 0. The van der Waals surface area contributed by atoms with Gasteiger partial charge in [0.2, 0.25) is 0 Å². The Hall–Kier alpha value is -2.00. The maximum atomic E-state index is 5.87. The van der Waals surface area contributed by atoms with Gasteiger partial charge in [-0.05, 0) is 30.7 Å². The largest absolute Gasteiger partial charge is 0.455 e. The second-order valence-electron chi connectivity index (χ2n) is 4.18. The standard InChI is InChI=1S/C16H19NO2/c1-18-13-7-12-17-15-10-5-6-11-16(15)19-14-8-3-2-4-9-14/h2-6,8-11,17H,7,12-13H2,1H3. The fourth-order valence-corrected chi connectivity index (χ4v) is 1.76. The molecule has 0 atom stereocenters. The molecule has 3 nitrogen and oxygen atoms in total. The number of methoxy groups -OCH3 is 1. The first-order valence-corrected chi connectivity index (χ1v) is 6.45. The fraction of sp³-hybridized carbons (Fsp3) is 0.250. The van der Waals surface area contributed by atoms with Crippen molar-refractivity contribution in [3.63, 3.8) is 0 Å². The van der Waals surface area contributed by atoms with E-state index < -0.39 is 0 Å². The van der Waals surface area contributed by atoms with Gasteiger partial charge in [0.25, 0.3) is 0 Å². The van der Waals surface area contributed by atoms with Crippen LogP contribution < -0.4 is 10.1 Å². The maximum Gasteiger partial charge on any atom is 0.150 e. The average molecular weight is 257 g/mol. The van der Waals surface area contributed by atoms with Crippen LogP contribution in [0.25, 0.3) is 0 Å². The van der Waals surface area contributed by atoms with Crippen molar-refractivity contribution >= 4 is 5.69 Å². The van der Waals surface area contributed by atoms with E-state index in [9.17, 15) is 0 Å². The van der Waals surface area contributed by atoms with Gasteiger partial charge in [-0.1, -0.05) is 30.3 Å². The number of hydrogen-bond donors (Lipinski definition) is 1. The Kier molecular flexibility index (Phi) is 5.26. The Morgan fingerprint density at radius 2 is 1.68 bits per heavy atom. The zero-order valence-electron chi connectivity index (χ0n) is 11.1. The zero-order chi connectivity index (χ0) is 13.3. The lowest BCUT2D eigenvalue weighted by Gasteiger charge is -2.12. The molecule has 19 heavy (non-hydrogen) atoms. The number of rotatable bonds is 7. The van der Waals surface area contributed by atoms with Gasteiger partial charge in [0.05, 0.1) is 5.69 Å². The first kappa shape index (κ1) is 13.4. The molecular weight excluding hydrogens is 238 g/mol. The number of para-hydroxylation sites is 3. The normalized spacial score (nSPS) is 10.2. The quantitative estimate of drug-likeness (QED) is 0.762. The minimum atomic E-state index is 0.759. The highest BCUT2D eigenvalue weighted by molar-refractivity contribution is 5.57. The minimum Gasteiger partial charge on any atom is -0.455 e. The van der Waals surface area contributed by atoms with Crippen LogP contribution in [0.15, 0.2) is 54.6 Å². The summed E-state index contributed by atoms with van der Waals surface area (Å²) in [5.74, 6) is 1.68. The predicted octanol–water partition coefficient (Wildman–Crippen LogP) is 3.93. The number of nitrogens with one attached hydrogen (secondary N) is 1. The summed E-state index contributed by atoms with van der Waals surface area (Å²) < 4.78 is 10.9. The first-order valence-electron chi connectivity index (χ1n) is 6.45. The van der Waals surface area contributed by atoms with E-state index in [1.165, 1.54) is 0 Å². The van der Waals surface area contributed by atoms with Crippen LogP contribution in [0.3, 0.4) is 0 Å². The van der Waals surface area contributed by atoms with Crippen LogP contribution in [0.5, 0.6) is 11.5 Å². The summed E-state index contributed by atoms with van der Waals surface area (Å²) in [5, 5.41) is 3.36. The third-order valence-electron chi connectivity index (χ3n) is 2.70. The van der Waals surface area contributed by atoms with E-state index >= 15 is 0 Å². The van der Waals surface area contributed by atoms with Crippen molar-refractivity contribution in [2.24, 2.45) is 0 Å². The van der Waals surface area contributed by atoms with E-state index in [0.29, 0.717) is 0 Å². The average Bonchev–Trinajstić information content (AvgIpc) is 2.46. The highest BCUT2D eigenvalue weighted by Gasteiger charge is 2.03. The van der Waals surface area contributed by atoms with Gasteiger partial charge in [-0.2, -0.15) is 0 Å². The molecule has 2 aromatic rings. The highest BCUT2D eigenvalue weighted by Crippen LogP contribution is 2.28. The van der Waals surface area contributed by atoms with Crippen LogP contribution in [-0.4, -0.2) is 20.3 Å². The molecule has 100 valence electrons. The Morgan fingerprint density at radius 1 is 0.947 bits per heavy atom. The lowest BCUT2D eigenvalue weighted by molar-refractivity contribution is 0.198. The summed E-state index contributed by atoms with van der Waals surface area (Å²) in [6.45, 7) is 1.62. The van der Waals surface area contributed by atoms with E-state index in [1.54, 1.807) is 7.11 Å². The molecule has 2 aromatic carbocycles. The van der Waals surface area contributed by atoms with Gasteiger partial charge in [0, 0.05) is 20.3 Å². The smallest absolute Gasteiger partial charge is 0.150 e. The third kappa shape index (κ3) is 4.30. The lowest BCUT2D eigenvalue weighted by Crippen LogP contribution is -2.05. The third-order valence-corrected chi connectivity index (χ3v) is 2.70. The summed E-state index contributed by atoms with van der Waals surface area (Å²) in [5.41, 5.74) is 1.00. The summed E-state index contributed by atoms with van der Waals surface area (Å²) in [4.78, 5) is 0. The number of anilines is 1. The Bertz CT molecular complexity index is 485. The number of hydrogen-bond acceptors (Lipinski definition) is 3. The van der Waals surface area contributed by atoms with Crippen molar-refractivity contribution in [2.45, 2.75) is 6.42 Å².